The van der Waals surface area contributed by atoms with Gasteiger partial charge in [-0.2, -0.15) is 0 Å². The molecular weight excluding hydrogens is 372 g/mol. The second-order valence-electron chi connectivity index (χ2n) is 8.53. The van der Waals surface area contributed by atoms with Crippen LogP contribution in [0.2, 0.25) is 0 Å². The first-order chi connectivity index (χ1) is 14.6. The second kappa shape index (κ2) is 9.58. The molecule has 0 unspecified atom stereocenters. The van der Waals surface area contributed by atoms with E-state index in [0.29, 0.717) is 6.04 Å². The summed E-state index contributed by atoms with van der Waals surface area (Å²) in [5.41, 5.74) is 3.62. The Bertz CT molecular complexity index is 944. The van der Waals surface area contributed by atoms with Gasteiger partial charge in [-0.05, 0) is 64.2 Å². The molecule has 0 N–H and O–H groups in total. The van der Waals surface area contributed by atoms with Crippen LogP contribution >= 0.6 is 0 Å². The molecule has 0 saturated carbocycles. The van der Waals surface area contributed by atoms with Crippen molar-refractivity contribution in [2.45, 2.75) is 32.2 Å². The minimum absolute atomic E-state index is 0.546. The molecule has 5 rings (SSSR count). The van der Waals surface area contributed by atoms with Crippen LogP contribution in [-0.2, 0) is 0 Å². The van der Waals surface area contributed by atoms with Crippen LogP contribution in [0, 0.1) is 6.92 Å². The van der Waals surface area contributed by atoms with Crippen LogP contribution in [-0.4, -0.2) is 71.0 Å². The Kier molecular flexibility index (Phi) is 6.65. The third kappa shape index (κ3) is 4.65. The first-order valence-corrected chi connectivity index (χ1v) is 11.1. The third-order valence-corrected chi connectivity index (χ3v) is 6.37. The van der Waals surface area contributed by atoms with Crippen molar-refractivity contribution in [3.05, 3.63) is 60.2 Å². The number of rotatable bonds is 2. The van der Waals surface area contributed by atoms with E-state index < -0.39 is 0 Å². The van der Waals surface area contributed by atoms with Crippen molar-refractivity contribution in [2.75, 3.05) is 51.7 Å². The summed E-state index contributed by atoms with van der Waals surface area (Å²) < 4.78 is 2.16. The van der Waals surface area contributed by atoms with Gasteiger partial charge in [-0.3, -0.25) is 14.3 Å². The molecule has 0 amide bonds. The number of likely N-dealkylation sites (tertiary alicyclic amines) is 1. The van der Waals surface area contributed by atoms with E-state index in [-0.39, 0.29) is 0 Å². The zero-order chi connectivity index (χ0) is 20.9. The van der Waals surface area contributed by atoms with Gasteiger partial charge in [0.25, 0.3) is 0 Å². The summed E-state index contributed by atoms with van der Waals surface area (Å²) in [4.78, 5) is 16.0. The summed E-state index contributed by atoms with van der Waals surface area (Å²) in [6.45, 7) is 7.81. The van der Waals surface area contributed by atoms with Crippen LogP contribution in [0.1, 0.15) is 36.6 Å². The molecule has 3 aromatic heterocycles. The van der Waals surface area contributed by atoms with Gasteiger partial charge in [0.1, 0.15) is 11.5 Å². The summed E-state index contributed by atoms with van der Waals surface area (Å²) in [6, 6.07) is 11.0. The van der Waals surface area contributed by atoms with Crippen LogP contribution in [0.4, 0.5) is 5.82 Å². The number of hydrogen-bond donors (Lipinski definition) is 0. The number of aryl methyl sites for hydroxylation is 1. The van der Waals surface area contributed by atoms with Crippen LogP contribution < -0.4 is 4.90 Å². The van der Waals surface area contributed by atoms with E-state index >= 15 is 0 Å². The maximum atomic E-state index is 4.51. The van der Waals surface area contributed by atoms with E-state index in [4.69, 9.17) is 0 Å². The number of fused-ring (bicyclic) bond motifs is 1. The quantitative estimate of drug-likeness (QED) is 0.650. The van der Waals surface area contributed by atoms with Crippen LogP contribution in [0.3, 0.4) is 0 Å². The Morgan fingerprint density at radius 2 is 1.70 bits per heavy atom. The van der Waals surface area contributed by atoms with Gasteiger partial charge in [0.15, 0.2) is 0 Å². The first-order valence-electron chi connectivity index (χ1n) is 11.1. The molecule has 0 bridgehead atoms. The summed E-state index contributed by atoms with van der Waals surface area (Å²) in [7, 11) is 4.38. The van der Waals surface area contributed by atoms with E-state index in [9.17, 15) is 0 Å². The predicted octanol–water partition coefficient (Wildman–Crippen LogP) is 3.63. The number of piperidine rings is 1. The maximum Gasteiger partial charge on any atom is 0.138 e. The van der Waals surface area contributed by atoms with Gasteiger partial charge in [0.2, 0.25) is 0 Å². The molecule has 1 atom stereocenters. The summed E-state index contributed by atoms with van der Waals surface area (Å²) in [5.74, 6) is 1.25. The Labute approximate surface area is 180 Å². The number of pyridine rings is 2. The van der Waals surface area contributed by atoms with Crippen LogP contribution in [0.15, 0.2) is 48.9 Å². The van der Waals surface area contributed by atoms with Crippen molar-refractivity contribution in [1.29, 1.82) is 0 Å². The molecule has 2 aliphatic rings. The predicted molar refractivity (Wildman–Crippen MR) is 123 cm³/mol. The number of piperazine rings is 1. The topological polar surface area (TPSA) is 39.9 Å². The highest BCUT2D eigenvalue weighted by atomic mass is 15.3. The van der Waals surface area contributed by atoms with Crippen molar-refractivity contribution in [1.82, 2.24) is 24.2 Å². The van der Waals surface area contributed by atoms with E-state index in [1.807, 2.05) is 30.7 Å². The zero-order valence-corrected chi connectivity index (χ0v) is 18.5. The van der Waals surface area contributed by atoms with Crippen LogP contribution in [0.25, 0.3) is 5.65 Å². The average Bonchev–Trinajstić information content (AvgIpc) is 3.25. The summed E-state index contributed by atoms with van der Waals surface area (Å²) in [5, 5.41) is 0. The van der Waals surface area contributed by atoms with Gasteiger partial charge < -0.3 is 9.80 Å². The Morgan fingerprint density at radius 3 is 2.47 bits per heavy atom. The SMILES string of the molecule is CN1CCN(c2cccc3nccn23)CC1.Cc1cccnc1[C@H]1CCCCN1C. The lowest BCUT2D eigenvalue weighted by atomic mass is 9.97. The van der Waals surface area contributed by atoms with Crippen molar-refractivity contribution < 1.29 is 0 Å². The number of nitrogens with zero attached hydrogens (tertiary/aromatic N) is 6. The number of aromatic nitrogens is 3. The number of likely N-dealkylation sites (N-methyl/N-ethyl adjacent to an activating group) is 1. The van der Waals surface area contributed by atoms with Crippen LogP contribution in [0.5, 0.6) is 0 Å². The highest BCUT2D eigenvalue weighted by Crippen LogP contribution is 2.29. The molecule has 2 fully saturated rings. The number of anilines is 1. The van der Waals surface area contributed by atoms with Gasteiger partial charge in [0, 0.05) is 44.8 Å². The molecule has 6 heteroatoms. The third-order valence-electron chi connectivity index (χ3n) is 6.37. The molecule has 0 radical (unpaired) electrons. The van der Waals surface area contributed by atoms with Crippen molar-refractivity contribution in [3.63, 3.8) is 0 Å². The molecule has 0 spiro atoms. The molecule has 30 heavy (non-hydrogen) atoms. The smallest absolute Gasteiger partial charge is 0.138 e. The van der Waals surface area contributed by atoms with Gasteiger partial charge in [-0.1, -0.05) is 18.6 Å². The fourth-order valence-electron chi connectivity index (χ4n) is 4.49. The number of imidazole rings is 1. The van der Waals surface area contributed by atoms with Gasteiger partial charge in [0.05, 0.1) is 11.7 Å². The minimum atomic E-state index is 0.546. The van der Waals surface area contributed by atoms with E-state index in [0.717, 1.165) is 31.8 Å². The van der Waals surface area contributed by atoms with Gasteiger partial charge in [-0.25, -0.2) is 4.98 Å². The highest BCUT2D eigenvalue weighted by Gasteiger charge is 2.22. The van der Waals surface area contributed by atoms with E-state index in [1.54, 1.807) is 0 Å². The lowest BCUT2D eigenvalue weighted by Gasteiger charge is -2.34. The minimum Gasteiger partial charge on any atom is -0.355 e. The van der Waals surface area contributed by atoms with E-state index in [1.165, 1.54) is 42.9 Å². The monoisotopic (exact) mass is 406 g/mol. The Balaban J connectivity index is 0.000000147. The first kappa shape index (κ1) is 20.8. The molecule has 2 saturated heterocycles. The molecular formula is C24H34N6. The second-order valence-corrected chi connectivity index (χ2v) is 8.53. The van der Waals surface area contributed by atoms with E-state index in [2.05, 4.69) is 68.3 Å². The van der Waals surface area contributed by atoms with Gasteiger partial charge >= 0.3 is 0 Å². The Morgan fingerprint density at radius 1 is 0.867 bits per heavy atom. The maximum absolute atomic E-state index is 4.51. The number of hydrogen-bond acceptors (Lipinski definition) is 5. The highest BCUT2D eigenvalue weighted by molar-refractivity contribution is 5.51. The van der Waals surface area contributed by atoms with Crippen molar-refractivity contribution in [3.8, 4) is 0 Å². The normalized spacial score (nSPS) is 20.8. The molecule has 5 heterocycles. The molecule has 3 aromatic rings. The summed E-state index contributed by atoms with van der Waals surface area (Å²) >= 11 is 0. The fraction of sp³-hybridized carbons (Fsp3) is 0.500. The molecule has 2 aliphatic heterocycles. The van der Waals surface area contributed by atoms with Gasteiger partial charge in [-0.15, -0.1) is 0 Å². The summed E-state index contributed by atoms with van der Waals surface area (Å²) in [6.07, 6.45) is 9.72. The molecule has 0 aliphatic carbocycles. The zero-order valence-electron chi connectivity index (χ0n) is 18.5. The van der Waals surface area contributed by atoms with Crippen molar-refractivity contribution in [2.24, 2.45) is 0 Å². The lowest BCUT2D eigenvalue weighted by Crippen LogP contribution is -2.45. The molecule has 0 aromatic carbocycles. The largest absolute Gasteiger partial charge is 0.355 e. The lowest BCUT2D eigenvalue weighted by molar-refractivity contribution is 0.183. The molecule has 6 nitrogen and oxygen atoms in total. The average molecular weight is 407 g/mol. The Hall–Kier alpha value is -2.44. The molecule has 160 valence electrons. The fourth-order valence-corrected chi connectivity index (χ4v) is 4.49. The standard InChI is InChI=1S/C12H16N4.C12H18N2/c1-14-7-9-15(10-8-14)12-4-2-3-11-13-5-6-16(11)12;1-10-6-5-8-13-12(10)11-7-3-4-9-14(11)2/h2-6H,7-10H2,1H3;5-6,8,11H,3-4,7,9H2,1-2H3/t;11-/m.1/s1. The van der Waals surface area contributed by atoms with Crippen molar-refractivity contribution >= 4 is 11.5 Å².